The maximum absolute atomic E-state index is 11.8. The number of aliphatic hydroxyl groups is 2. The SMILES string of the molecule is O=C(N[C@@H]1CS[C@@H](CO)[C@H]1O)c1ccccc1. The summed E-state index contributed by atoms with van der Waals surface area (Å²) in [7, 11) is 0. The fraction of sp³-hybridized carbons (Fsp3) is 0.417. The predicted molar refractivity (Wildman–Crippen MR) is 67.0 cm³/mol. The Balaban J connectivity index is 1.96. The Morgan fingerprint density at radius 3 is 2.71 bits per heavy atom. The smallest absolute Gasteiger partial charge is 0.251 e. The van der Waals surface area contributed by atoms with Gasteiger partial charge in [0.1, 0.15) is 0 Å². The van der Waals surface area contributed by atoms with Crippen LogP contribution in [0.3, 0.4) is 0 Å². The second-order valence-corrected chi connectivity index (χ2v) is 5.26. The Morgan fingerprint density at radius 1 is 1.41 bits per heavy atom. The van der Waals surface area contributed by atoms with Crippen LogP contribution in [0, 0.1) is 0 Å². The molecule has 2 rings (SSSR count). The highest BCUT2D eigenvalue weighted by Gasteiger charge is 2.35. The fourth-order valence-electron chi connectivity index (χ4n) is 1.81. The number of thioether (sulfide) groups is 1. The number of nitrogens with one attached hydrogen (secondary N) is 1. The van der Waals surface area contributed by atoms with E-state index in [4.69, 9.17) is 5.11 Å². The zero-order chi connectivity index (χ0) is 12.3. The zero-order valence-electron chi connectivity index (χ0n) is 9.24. The zero-order valence-corrected chi connectivity index (χ0v) is 10.1. The lowest BCUT2D eigenvalue weighted by molar-refractivity contribution is 0.0837. The van der Waals surface area contributed by atoms with Gasteiger partial charge in [-0.1, -0.05) is 18.2 Å². The lowest BCUT2D eigenvalue weighted by Crippen LogP contribution is -2.44. The van der Waals surface area contributed by atoms with Crippen LogP contribution in [0.1, 0.15) is 10.4 Å². The van der Waals surface area contributed by atoms with Crippen LogP contribution in [0.4, 0.5) is 0 Å². The van der Waals surface area contributed by atoms with E-state index in [2.05, 4.69) is 5.32 Å². The van der Waals surface area contributed by atoms with Crippen LogP contribution in [0.15, 0.2) is 30.3 Å². The van der Waals surface area contributed by atoms with Crippen LogP contribution in [0.25, 0.3) is 0 Å². The molecule has 0 spiro atoms. The number of amides is 1. The molecule has 3 atom stereocenters. The Kier molecular flexibility index (Phi) is 4.04. The molecule has 17 heavy (non-hydrogen) atoms. The standard InChI is InChI=1S/C12H15NO3S/c14-6-10-11(15)9(7-17-10)13-12(16)8-4-2-1-3-5-8/h1-5,9-11,14-15H,6-7H2,(H,13,16)/t9-,10+,11+/m1/s1. The van der Waals surface area contributed by atoms with E-state index in [1.807, 2.05) is 6.07 Å². The monoisotopic (exact) mass is 253 g/mol. The first-order chi connectivity index (χ1) is 8.22. The van der Waals surface area contributed by atoms with E-state index >= 15 is 0 Å². The molecule has 1 saturated heterocycles. The average molecular weight is 253 g/mol. The Morgan fingerprint density at radius 2 is 2.12 bits per heavy atom. The average Bonchev–Trinajstić information content (AvgIpc) is 2.71. The summed E-state index contributed by atoms with van der Waals surface area (Å²) in [5.41, 5.74) is 0.581. The van der Waals surface area contributed by atoms with E-state index in [9.17, 15) is 9.90 Å². The molecule has 1 aromatic rings. The number of carbonyl (C=O) groups excluding carboxylic acids is 1. The number of carbonyl (C=O) groups is 1. The van der Waals surface area contributed by atoms with Crippen molar-refractivity contribution in [2.24, 2.45) is 0 Å². The molecule has 1 aliphatic heterocycles. The summed E-state index contributed by atoms with van der Waals surface area (Å²) in [5.74, 6) is 0.444. The lowest BCUT2D eigenvalue weighted by Gasteiger charge is -2.18. The Hall–Kier alpha value is -1.04. The number of aliphatic hydroxyl groups excluding tert-OH is 2. The van der Waals surface area contributed by atoms with Crippen molar-refractivity contribution < 1.29 is 15.0 Å². The van der Waals surface area contributed by atoms with Gasteiger partial charge in [0, 0.05) is 11.3 Å². The fourth-order valence-corrected chi connectivity index (χ4v) is 3.04. The first-order valence-corrected chi connectivity index (χ1v) is 6.53. The molecule has 1 fully saturated rings. The number of rotatable bonds is 3. The molecule has 5 heteroatoms. The maximum Gasteiger partial charge on any atom is 0.251 e. The highest BCUT2D eigenvalue weighted by molar-refractivity contribution is 8.00. The van der Waals surface area contributed by atoms with Gasteiger partial charge in [-0.2, -0.15) is 11.8 Å². The third kappa shape index (κ3) is 2.80. The van der Waals surface area contributed by atoms with Gasteiger partial charge in [0.05, 0.1) is 24.0 Å². The minimum atomic E-state index is -0.683. The molecular formula is C12H15NO3S. The highest BCUT2D eigenvalue weighted by atomic mass is 32.2. The predicted octanol–water partition coefficient (Wildman–Crippen LogP) is 0.254. The van der Waals surface area contributed by atoms with E-state index in [1.54, 1.807) is 24.3 Å². The molecule has 1 heterocycles. The van der Waals surface area contributed by atoms with Crippen LogP contribution < -0.4 is 5.32 Å². The summed E-state index contributed by atoms with van der Waals surface area (Å²) >= 11 is 1.48. The second kappa shape index (κ2) is 5.53. The number of hydrogen-bond donors (Lipinski definition) is 3. The van der Waals surface area contributed by atoms with Crippen molar-refractivity contribution >= 4 is 17.7 Å². The van der Waals surface area contributed by atoms with Crippen LogP contribution >= 0.6 is 11.8 Å². The van der Waals surface area contributed by atoms with Gasteiger partial charge in [-0.15, -0.1) is 0 Å². The molecule has 1 aliphatic rings. The van der Waals surface area contributed by atoms with Gasteiger partial charge in [0.15, 0.2) is 0 Å². The maximum atomic E-state index is 11.8. The third-order valence-electron chi connectivity index (χ3n) is 2.82. The van der Waals surface area contributed by atoms with Crippen molar-refractivity contribution in [1.82, 2.24) is 5.32 Å². The van der Waals surface area contributed by atoms with Gasteiger partial charge >= 0.3 is 0 Å². The molecule has 0 unspecified atom stereocenters. The van der Waals surface area contributed by atoms with Gasteiger partial charge in [0.25, 0.3) is 5.91 Å². The quantitative estimate of drug-likeness (QED) is 0.722. The molecule has 4 nitrogen and oxygen atoms in total. The van der Waals surface area contributed by atoms with Gasteiger partial charge in [-0.05, 0) is 12.1 Å². The molecule has 0 radical (unpaired) electrons. The first-order valence-electron chi connectivity index (χ1n) is 5.49. The summed E-state index contributed by atoms with van der Waals surface area (Å²) < 4.78 is 0. The molecule has 0 saturated carbocycles. The van der Waals surface area contributed by atoms with Crippen LogP contribution in [-0.4, -0.2) is 45.9 Å². The van der Waals surface area contributed by atoms with Crippen molar-refractivity contribution in [3.8, 4) is 0 Å². The third-order valence-corrected chi connectivity index (χ3v) is 4.22. The van der Waals surface area contributed by atoms with Crippen molar-refractivity contribution in [3.05, 3.63) is 35.9 Å². The summed E-state index contributed by atoms with van der Waals surface area (Å²) in [6, 6.07) is 8.61. The minimum absolute atomic E-state index is 0.0659. The normalized spacial score (nSPS) is 28.0. The van der Waals surface area contributed by atoms with E-state index < -0.39 is 6.10 Å². The van der Waals surface area contributed by atoms with Gasteiger partial charge < -0.3 is 15.5 Å². The summed E-state index contributed by atoms with van der Waals surface area (Å²) in [6.45, 7) is -0.0659. The molecule has 1 aromatic carbocycles. The molecule has 3 N–H and O–H groups in total. The van der Waals surface area contributed by atoms with Crippen LogP contribution in [-0.2, 0) is 0 Å². The van der Waals surface area contributed by atoms with E-state index in [1.165, 1.54) is 11.8 Å². The van der Waals surface area contributed by atoms with Gasteiger partial charge in [-0.25, -0.2) is 0 Å². The molecule has 1 amide bonds. The largest absolute Gasteiger partial charge is 0.395 e. The van der Waals surface area contributed by atoms with Crippen molar-refractivity contribution in [3.63, 3.8) is 0 Å². The van der Waals surface area contributed by atoms with Crippen molar-refractivity contribution in [2.75, 3.05) is 12.4 Å². The summed E-state index contributed by atoms with van der Waals surface area (Å²) in [5, 5.41) is 21.5. The van der Waals surface area contributed by atoms with E-state index in [0.717, 1.165) is 0 Å². The highest BCUT2D eigenvalue weighted by Crippen LogP contribution is 2.26. The van der Waals surface area contributed by atoms with Crippen LogP contribution in [0.5, 0.6) is 0 Å². The topological polar surface area (TPSA) is 69.6 Å². The van der Waals surface area contributed by atoms with Gasteiger partial charge in [-0.3, -0.25) is 4.79 Å². The molecule has 0 aromatic heterocycles. The second-order valence-electron chi connectivity index (χ2n) is 3.99. The Bertz CT molecular complexity index is 385. The van der Waals surface area contributed by atoms with Crippen molar-refractivity contribution in [2.45, 2.75) is 17.4 Å². The number of benzene rings is 1. The van der Waals surface area contributed by atoms with Crippen molar-refractivity contribution in [1.29, 1.82) is 0 Å². The molecule has 0 bridgehead atoms. The van der Waals surface area contributed by atoms with Crippen LogP contribution in [0.2, 0.25) is 0 Å². The molecule has 0 aliphatic carbocycles. The lowest BCUT2D eigenvalue weighted by atomic mass is 10.1. The van der Waals surface area contributed by atoms with E-state index in [-0.39, 0.29) is 23.8 Å². The first kappa shape index (κ1) is 12.4. The Labute approximate surface area is 104 Å². The minimum Gasteiger partial charge on any atom is -0.395 e. The summed E-state index contributed by atoms with van der Waals surface area (Å²) in [6.07, 6.45) is -0.683. The molecule has 92 valence electrons. The summed E-state index contributed by atoms with van der Waals surface area (Å²) in [4.78, 5) is 11.8. The van der Waals surface area contributed by atoms with E-state index in [0.29, 0.717) is 11.3 Å². The van der Waals surface area contributed by atoms with Gasteiger partial charge in [0.2, 0.25) is 0 Å². The number of hydrogen-bond acceptors (Lipinski definition) is 4. The molecular weight excluding hydrogens is 238 g/mol.